The number of carboxylic acids is 1. The minimum absolute atomic E-state index is 0.0800. The number of likely N-dealkylation sites (N-methyl/N-ethyl adjacent to an activating group) is 1. The molecule has 1 aromatic heterocycles. The Labute approximate surface area is 94.5 Å². The number of nitrogens with zero attached hydrogens (tertiary/aromatic N) is 4. The van der Waals surface area contributed by atoms with E-state index in [1.165, 1.54) is 0 Å². The van der Waals surface area contributed by atoms with E-state index < -0.39 is 5.97 Å². The monoisotopic (exact) mass is 224 g/mol. The molecule has 1 N–H and O–H groups in total. The highest BCUT2D eigenvalue weighted by Crippen LogP contribution is 2.16. The zero-order valence-electron chi connectivity index (χ0n) is 9.93. The Morgan fingerprint density at radius 1 is 1.31 bits per heavy atom. The first-order chi connectivity index (χ1) is 7.40. The van der Waals surface area contributed by atoms with Crippen LogP contribution < -0.4 is 9.80 Å². The third-order valence-corrected chi connectivity index (χ3v) is 2.03. The molecule has 6 nitrogen and oxygen atoms in total. The van der Waals surface area contributed by atoms with Gasteiger partial charge in [0.1, 0.15) is 24.0 Å². The second-order valence-corrected chi connectivity index (χ2v) is 3.78. The number of anilines is 2. The number of carboxylic acid groups (broad SMARTS) is 1. The van der Waals surface area contributed by atoms with E-state index in [1.54, 1.807) is 24.9 Å². The molecular formula is C10H16N4O2. The molecule has 16 heavy (non-hydrogen) atoms. The molecule has 0 spiro atoms. The predicted molar refractivity (Wildman–Crippen MR) is 62.0 cm³/mol. The lowest BCUT2D eigenvalue weighted by molar-refractivity contribution is -0.135. The van der Waals surface area contributed by atoms with Crippen molar-refractivity contribution in [3.8, 4) is 0 Å². The van der Waals surface area contributed by atoms with Gasteiger partial charge in [0, 0.05) is 27.2 Å². The molecule has 0 saturated carbocycles. The van der Waals surface area contributed by atoms with Gasteiger partial charge in [-0.15, -0.1) is 0 Å². The highest BCUT2D eigenvalue weighted by Gasteiger charge is 2.10. The Bertz CT molecular complexity index is 392. The summed E-state index contributed by atoms with van der Waals surface area (Å²) < 4.78 is 0. The summed E-state index contributed by atoms with van der Waals surface area (Å²) >= 11 is 0. The molecule has 0 aliphatic heterocycles. The van der Waals surface area contributed by atoms with Crippen molar-refractivity contribution >= 4 is 17.6 Å². The molecule has 0 aromatic carbocycles. The molecule has 0 radical (unpaired) electrons. The van der Waals surface area contributed by atoms with E-state index in [4.69, 9.17) is 5.11 Å². The number of carbonyl (C=O) groups is 1. The van der Waals surface area contributed by atoms with Gasteiger partial charge in [-0.3, -0.25) is 4.79 Å². The van der Waals surface area contributed by atoms with Crippen LogP contribution in [0.4, 0.5) is 11.6 Å². The maximum Gasteiger partial charge on any atom is 0.323 e. The zero-order valence-corrected chi connectivity index (χ0v) is 9.93. The number of hydrogen-bond acceptors (Lipinski definition) is 5. The minimum Gasteiger partial charge on any atom is -0.480 e. The van der Waals surface area contributed by atoms with Crippen molar-refractivity contribution in [2.45, 2.75) is 6.92 Å². The molecule has 0 aliphatic rings. The summed E-state index contributed by atoms with van der Waals surface area (Å²) in [6.45, 7) is 1.70. The third-order valence-electron chi connectivity index (χ3n) is 2.03. The standard InChI is InChI=1S/C10H16N4O2/c1-7-11-8(13(2)3)5-9(12-7)14(4)6-10(15)16/h5H,6H2,1-4H3,(H,15,16). The molecule has 0 atom stereocenters. The van der Waals surface area contributed by atoms with E-state index in [9.17, 15) is 4.79 Å². The van der Waals surface area contributed by atoms with Gasteiger partial charge in [0.25, 0.3) is 0 Å². The van der Waals surface area contributed by atoms with Crippen molar-refractivity contribution in [1.82, 2.24) is 9.97 Å². The van der Waals surface area contributed by atoms with Crippen LogP contribution in [0.2, 0.25) is 0 Å². The molecular weight excluding hydrogens is 208 g/mol. The van der Waals surface area contributed by atoms with E-state index in [1.807, 2.05) is 19.0 Å². The topological polar surface area (TPSA) is 69.6 Å². The van der Waals surface area contributed by atoms with Crippen LogP contribution in [0.25, 0.3) is 0 Å². The molecule has 0 aliphatic carbocycles. The van der Waals surface area contributed by atoms with Gasteiger partial charge < -0.3 is 14.9 Å². The molecule has 88 valence electrons. The maximum absolute atomic E-state index is 10.6. The van der Waals surface area contributed by atoms with Crippen LogP contribution in [0.3, 0.4) is 0 Å². The normalized spacial score (nSPS) is 10.0. The van der Waals surface area contributed by atoms with E-state index in [0.717, 1.165) is 5.82 Å². The summed E-state index contributed by atoms with van der Waals surface area (Å²) in [6.07, 6.45) is 0. The van der Waals surface area contributed by atoms with E-state index in [0.29, 0.717) is 11.6 Å². The number of aromatic nitrogens is 2. The fraction of sp³-hybridized carbons (Fsp3) is 0.500. The van der Waals surface area contributed by atoms with Gasteiger partial charge in [-0.25, -0.2) is 9.97 Å². The first-order valence-electron chi connectivity index (χ1n) is 4.86. The van der Waals surface area contributed by atoms with Gasteiger partial charge in [0.15, 0.2) is 0 Å². The van der Waals surface area contributed by atoms with Crippen molar-refractivity contribution in [1.29, 1.82) is 0 Å². The van der Waals surface area contributed by atoms with Crippen LogP contribution in [0, 0.1) is 6.92 Å². The zero-order chi connectivity index (χ0) is 12.3. The van der Waals surface area contributed by atoms with Crippen LogP contribution in [0.15, 0.2) is 6.07 Å². The lowest BCUT2D eigenvalue weighted by Gasteiger charge is -2.19. The Kier molecular flexibility index (Phi) is 3.65. The third kappa shape index (κ3) is 3.08. The summed E-state index contributed by atoms with van der Waals surface area (Å²) in [7, 11) is 5.45. The Hall–Kier alpha value is -1.85. The fourth-order valence-electron chi connectivity index (χ4n) is 1.25. The highest BCUT2D eigenvalue weighted by atomic mass is 16.4. The second kappa shape index (κ2) is 4.78. The number of aliphatic carboxylic acids is 1. The largest absolute Gasteiger partial charge is 0.480 e. The first-order valence-corrected chi connectivity index (χ1v) is 4.86. The van der Waals surface area contributed by atoms with Crippen LogP contribution in [0.5, 0.6) is 0 Å². The molecule has 1 rings (SSSR count). The molecule has 6 heteroatoms. The summed E-state index contributed by atoms with van der Waals surface area (Å²) in [6, 6.07) is 1.76. The SMILES string of the molecule is Cc1nc(N(C)C)cc(N(C)CC(=O)O)n1. The predicted octanol–water partition coefficient (Wildman–Crippen LogP) is 0.372. The minimum atomic E-state index is -0.884. The van der Waals surface area contributed by atoms with Crippen molar-refractivity contribution in [3.63, 3.8) is 0 Å². The van der Waals surface area contributed by atoms with Gasteiger partial charge in [-0.2, -0.15) is 0 Å². The average Bonchev–Trinajstić information content (AvgIpc) is 2.15. The second-order valence-electron chi connectivity index (χ2n) is 3.78. The molecule has 0 bridgehead atoms. The van der Waals surface area contributed by atoms with Gasteiger partial charge in [0.2, 0.25) is 0 Å². The maximum atomic E-state index is 10.6. The van der Waals surface area contributed by atoms with Crippen molar-refractivity contribution < 1.29 is 9.90 Å². The smallest absolute Gasteiger partial charge is 0.323 e. The van der Waals surface area contributed by atoms with Gasteiger partial charge in [0.05, 0.1) is 0 Å². The average molecular weight is 224 g/mol. The van der Waals surface area contributed by atoms with Gasteiger partial charge in [-0.1, -0.05) is 0 Å². The fourth-order valence-corrected chi connectivity index (χ4v) is 1.25. The lowest BCUT2D eigenvalue weighted by atomic mass is 10.4. The van der Waals surface area contributed by atoms with E-state index in [2.05, 4.69) is 9.97 Å². The number of hydrogen-bond donors (Lipinski definition) is 1. The molecule has 1 heterocycles. The van der Waals surface area contributed by atoms with Crippen molar-refractivity contribution in [2.75, 3.05) is 37.5 Å². The number of aryl methyl sites for hydroxylation is 1. The molecule has 0 saturated heterocycles. The van der Waals surface area contributed by atoms with Gasteiger partial charge >= 0.3 is 5.97 Å². The molecule has 1 aromatic rings. The summed E-state index contributed by atoms with van der Waals surface area (Å²) in [5.41, 5.74) is 0. The summed E-state index contributed by atoms with van der Waals surface area (Å²) in [4.78, 5) is 22.4. The number of rotatable bonds is 4. The molecule has 0 fully saturated rings. The summed E-state index contributed by atoms with van der Waals surface area (Å²) in [5.74, 6) is 1.11. The van der Waals surface area contributed by atoms with Crippen LogP contribution in [-0.2, 0) is 4.79 Å². The Balaban J connectivity index is 2.99. The quantitative estimate of drug-likeness (QED) is 0.797. The van der Waals surface area contributed by atoms with Gasteiger partial charge in [-0.05, 0) is 6.92 Å². The Morgan fingerprint density at radius 2 is 1.88 bits per heavy atom. The van der Waals surface area contributed by atoms with E-state index in [-0.39, 0.29) is 6.54 Å². The molecule has 0 unspecified atom stereocenters. The Morgan fingerprint density at radius 3 is 2.38 bits per heavy atom. The van der Waals surface area contributed by atoms with E-state index >= 15 is 0 Å². The van der Waals surface area contributed by atoms with Crippen LogP contribution >= 0.6 is 0 Å². The lowest BCUT2D eigenvalue weighted by Crippen LogP contribution is -2.26. The van der Waals surface area contributed by atoms with Crippen LogP contribution in [-0.4, -0.2) is 48.7 Å². The molecule has 0 amide bonds. The summed E-state index contributed by atoms with van der Waals surface area (Å²) in [5, 5.41) is 8.70. The van der Waals surface area contributed by atoms with Crippen molar-refractivity contribution in [2.24, 2.45) is 0 Å². The first kappa shape index (κ1) is 12.2. The van der Waals surface area contributed by atoms with Crippen molar-refractivity contribution in [3.05, 3.63) is 11.9 Å². The highest BCUT2D eigenvalue weighted by molar-refractivity contribution is 5.73. The van der Waals surface area contributed by atoms with Crippen LogP contribution in [0.1, 0.15) is 5.82 Å².